The number of rotatable bonds is 5. The van der Waals surface area contributed by atoms with Crippen LogP contribution in [-0.2, 0) is 5.75 Å². The molecule has 0 saturated carbocycles. The monoisotopic (exact) mass is 388 g/mol. The van der Waals surface area contributed by atoms with Crippen LogP contribution in [0, 0.1) is 6.92 Å². The zero-order chi connectivity index (χ0) is 17.2. The van der Waals surface area contributed by atoms with Crippen LogP contribution in [0.1, 0.15) is 11.3 Å². The van der Waals surface area contributed by atoms with Crippen molar-refractivity contribution in [3.8, 4) is 16.5 Å². The fourth-order valence-corrected chi connectivity index (χ4v) is 4.25. The van der Waals surface area contributed by atoms with Crippen molar-refractivity contribution in [2.75, 3.05) is 0 Å². The van der Waals surface area contributed by atoms with E-state index in [1.807, 2.05) is 54.8 Å². The highest BCUT2D eigenvalue weighted by Gasteiger charge is 2.17. The van der Waals surface area contributed by atoms with Crippen molar-refractivity contribution >= 4 is 34.7 Å². The van der Waals surface area contributed by atoms with E-state index in [4.69, 9.17) is 16.0 Å². The van der Waals surface area contributed by atoms with Gasteiger partial charge in [0.25, 0.3) is 11.1 Å². The number of para-hydroxylation sites is 1. The lowest BCUT2D eigenvalue weighted by Crippen LogP contribution is -1.95. The molecule has 8 heteroatoms. The molecule has 0 unspecified atom stereocenters. The number of hydrogen-bond donors (Lipinski definition) is 0. The number of nitrogens with zero attached hydrogens (tertiary/aromatic N) is 4. The van der Waals surface area contributed by atoms with Crippen LogP contribution in [0.4, 0.5) is 0 Å². The Kier molecular flexibility index (Phi) is 4.61. The number of halogens is 1. The number of thiophene rings is 1. The van der Waals surface area contributed by atoms with Gasteiger partial charge in [0, 0.05) is 11.3 Å². The molecule has 0 saturated heterocycles. The molecule has 1 aromatic carbocycles. The summed E-state index contributed by atoms with van der Waals surface area (Å²) >= 11 is 9.56. The van der Waals surface area contributed by atoms with E-state index in [-0.39, 0.29) is 0 Å². The molecule has 0 aliphatic heterocycles. The van der Waals surface area contributed by atoms with Crippen molar-refractivity contribution in [1.82, 2.24) is 20.0 Å². The SMILES string of the molecule is Cc1nn(-c2ccccc2)c(Cl)c1CSc1nnc(-c2cccs2)o1. The topological polar surface area (TPSA) is 56.7 Å². The van der Waals surface area contributed by atoms with Gasteiger partial charge in [-0.3, -0.25) is 0 Å². The molecular weight excluding hydrogens is 376 g/mol. The van der Waals surface area contributed by atoms with Crippen LogP contribution in [0.25, 0.3) is 16.5 Å². The third-order valence-corrected chi connectivity index (χ3v) is 5.69. The summed E-state index contributed by atoms with van der Waals surface area (Å²) in [5.41, 5.74) is 2.79. The second-order valence-corrected chi connectivity index (χ2v) is 7.47. The molecule has 0 aliphatic carbocycles. The molecule has 0 amide bonds. The molecule has 0 fully saturated rings. The van der Waals surface area contributed by atoms with Gasteiger partial charge in [0.1, 0.15) is 5.15 Å². The Morgan fingerprint density at radius 2 is 2.00 bits per heavy atom. The van der Waals surface area contributed by atoms with E-state index in [9.17, 15) is 0 Å². The Morgan fingerprint density at radius 3 is 2.76 bits per heavy atom. The van der Waals surface area contributed by atoms with Gasteiger partial charge in [-0.2, -0.15) is 5.10 Å². The molecule has 3 aromatic heterocycles. The van der Waals surface area contributed by atoms with Gasteiger partial charge in [0.2, 0.25) is 0 Å². The van der Waals surface area contributed by atoms with Crippen molar-refractivity contribution in [1.29, 1.82) is 0 Å². The van der Waals surface area contributed by atoms with Gasteiger partial charge < -0.3 is 4.42 Å². The van der Waals surface area contributed by atoms with Crippen molar-refractivity contribution < 1.29 is 4.42 Å². The van der Waals surface area contributed by atoms with E-state index in [1.165, 1.54) is 11.8 Å². The highest BCUT2D eigenvalue weighted by molar-refractivity contribution is 7.98. The standard InChI is InChI=1S/C17H13ClN4OS2/c1-11-13(15(18)22(21-11)12-6-3-2-4-7-12)10-25-17-20-19-16(23-17)14-8-5-9-24-14/h2-9H,10H2,1H3. The normalized spacial score (nSPS) is 11.1. The van der Waals surface area contributed by atoms with E-state index in [1.54, 1.807) is 16.0 Å². The van der Waals surface area contributed by atoms with Gasteiger partial charge in [-0.05, 0) is 30.5 Å². The van der Waals surface area contributed by atoms with Crippen molar-refractivity contribution in [2.45, 2.75) is 17.9 Å². The minimum absolute atomic E-state index is 0.520. The van der Waals surface area contributed by atoms with E-state index < -0.39 is 0 Å². The maximum absolute atomic E-state index is 6.54. The maximum Gasteiger partial charge on any atom is 0.277 e. The van der Waals surface area contributed by atoms with Gasteiger partial charge in [-0.1, -0.05) is 47.6 Å². The smallest absolute Gasteiger partial charge is 0.277 e. The zero-order valence-corrected chi connectivity index (χ0v) is 15.6. The minimum Gasteiger partial charge on any atom is -0.410 e. The molecule has 0 N–H and O–H groups in total. The van der Waals surface area contributed by atoms with Gasteiger partial charge in [-0.25, -0.2) is 4.68 Å². The van der Waals surface area contributed by atoms with E-state index in [0.29, 0.717) is 22.0 Å². The summed E-state index contributed by atoms with van der Waals surface area (Å²) in [6.45, 7) is 1.95. The zero-order valence-electron chi connectivity index (χ0n) is 13.2. The highest BCUT2D eigenvalue weighted by Crippen LogP contribution is 2.32. The third kappa shape index (κ3) is 3.35. The minimum atomic E-state index is 0.520. The molecule has 4 rings (SSSR count). The summed E-state index contributed by atoms with van der Waals surface area (Å²) in [5.74, 6) is 1.16. The van der Waals surface area contributed by atoms with Gasteiger partial charge in [0.15, 0.2) is 0 Å². The maximum atomic E-state index is 6.54. The number of aryl methyl sites for hydroxylation is 1. The summed E-state index contributed by atoms with van der Waals surface area (Å²) in [4.78, 5) is 0.963. The lowest BCUT2D eigenvalue weighted by Gasteiger charge is -2.02. The second-order valence-electron chi connectivity index (χ2n) is 5.24. The fraction of sp³-hybridized carbons (Fsp3) is 0.118. The lowest BCUT2D eigenvalue weighted by molar-refractivity contribution is 0.466. The van der Waals surface area contributed by atoms with Crippen LogP contribution in [0.3, 0.4) is 0 Å². The van der Waals surface area contributed by atoms with Crippen LogP contribution >= 0.6 is 34.7 Å². The number of aromatic nitrogens is 4. The summed E-state index contributed by atoms with van der Waals surface area (Å²) < 4.78 is 7.45. The molecule has 5 nitrogen and oxygen atoms in total. The van der Waals surface area contributed by atoms with Crippen molar-refractivity contribution in [2.24, 2.45) is 0 Å². The summed E-state index contributed by atoms with van der Waals surface area (Å²) in [5, 5.41) is 15.8. The largest absolute Gasteiger partial charge is 0.410 e. The van der Waals surface area contributed by atoms with E-state index >= 15 is 0 Å². The third-order valence-electron chi connectivity index (χ3n) is 3.60. The molecule has 3 heterocycles. The Bertz CT molecular complexity index is 980. The van der Waals surface area contributed by atoms with Crippen molar-refractivity contribution in [3.63, 3.8) is 0 Å². The second kappa shape index (κ2) is 7.03. The predicted molar refractivity (Wildman–Crippen MR) is 100 cm³/mol. The first kappa shape index (κ1) is 16.4. The Hall–Kier alpha value is -2.09. The predicted octanol–water partition coefficient (Wildman–Crippen LogP) is 5.24. The molecule has 0 spiro atoms. The van der Waals surface area contributed by atoms with Gasteiger partial charge in [0.05, 0.1) is 16.3 Å². The van der Waals surface area contributed by atoms with Crippen molar-refractivity contribution in [3.05, 3.63) is 64.3 Å². The molecular formula is C17H13ClN4OS2. The quantitative estimate of drug-likeness (QED) is 0.437. The highest BCUT2D eigenvalue weighted by atomic mass is 35.5. The Balaban J connectivity index is 1.53. The average molecular weight is 389 g/mol. The molecule has 0 radical (unpaired) electrons. The van der Waals surface area contributed by atoms with E-state index in [2.05, 4.69) is 15.3 Å². The number of hydrogen-bond acceptors (Lipinski definition) is 6. The first-order valence-electron chi connectivity index (χ1n) is 7.52. The van der Waals surface area contributed by atoms with Crippen LogP contribution in [0.2, 0.25) is 5.15 Å². The lowest BCUT2D eigenvalue weighted by atomic mass is 10.3. The van der Waals surface area contributed by atoms with Crippen LogP contribution in [0.15, 0.2) is 57.5 Å². The first-order chi connectivity index (χ1) is 12.2. The number of thioether (sulfide) groups is 1. The Morgan fingerprint density at radius 1 is 1.16 bits per heavy atom. The summed E-state index contributed by atoms with van der Waals surface area (Å²) in [6, 6.07) is 13.7. The molecule has 25 heavy (non-hydrogen) atoms. The molecule has 4 aromatic rings. The average Bonchev–Trinajstić information content (AvgIpc) is 3.35. The number of benzene rings is 1. The van der Waals surface area contributed by atoms with Gasteiger partial charge in [-0.15, -0.1) is 21.5 Å². The van der Waals surface area contributed by atoms with Crippen LogP contribution in [-0.4, -0.2) is 20.0 Å². The van der Waals surface area contributed by atoms with Gasteiger partial charge >= 0.3 is 0 Å². The summed E-state index contributed by atoms with van der Waals surface area (Å²) in [7, 11) is 0. The summed E-state index contributed by atoms with van der Waals surface area (Å²) in [6.07, 6.45) is 0. The Labute approximate surface area is 157 Å². The molecule has 0 atom stereocenters. The fourth-order valence-electron chi connectivity index (χ4n) is 2.34. The first-order valence-corrected chi connectivity index (χ1v) is 9.76. The van der Waals surface area contributed by atoms with E-state index in [0.717, 1.165) is 21.8 Å². The molecule has 126 valence electrons. The molecule has 0 aliphatic rings. The van der Waals surface area contributed by atoms with Crippen LogP contribution in [0.5, 0.6) is 0 Å². The van der Waals surface area contributed by atoms with Crippen LogP contribution < -0.4 is 0 Å². The molecule has 0 bridgehead atoms.